The number of nitrogens with two attached hydrogens (primary N) is 1. The van der Waals surface area contributed by atoms with Crippen molar-refractivity contribution in [2.45, 2.75) is 16.3 Å². The zero-order valence-electron chi connectivity index (χ0n) is 15.1. The summed E-state index contributed by atoms with van der Waals surface area (Å²) < 4.78 is 11.2. The second-order valence-corrected chi connectivity index (χ2v) is 7.15. The van der Waals surface area contributed by atoms with Crippen molar-refractivity contribution in [3.8, 4) is 11.5 Å². The fourth-order valence-corrected chi connectivity index (χ4v) is 3.56. The molecule has 0 saturated carbocycles. The third-order valence-electron chi connectivity index (χ3n) is 3.74. The zero-order valence-corrected chi connectivity index (χ0v) is 16.7. The average molecular weight is 419 g/mol. The molecule has 0 saturated heterocycles. The molecule has 2 aromatic carbocycles. The number of nitrogens with one attached hydrogen (secondary N) is 1. The summed E-state index contributed by atoms with van der Waals surface area (Å²) in [5.41, 5.74) is 6.54. The van der Waals surface area contributed by atoms with E-state index >= 15 is 0 Å². The highest BCUT2D eigenvalue weighted by atomic mass is 35.5. The maximum absolute atomic E-state index is 11.1. The smallest absolute Gasteiger partial charge is 0.316 e. The second kappa shape index (κ2) is 9.48. The maximum atomic E-state index is 11.1. The van der Waals surface area contributed by atoms with Gasteiger partial charge < -0.3 is 20.5 Å². The Morgan fingerprint density at radius 1 is 1.25 bits per heavy atom. The van der Waals surface area contributed by atoms with Crippen LogP contribution in [0, 0.1) is 0 Å². The molecule has 1 aromatic heterocycles. The van der Waals surface area contributed by atoms with Gasteiger partial charge in [0.2, 0.25) is 0 Å². The lowest BCUT2D eigenvalue weighted by atomic mass is 10.2. The SMILES string of the molecule is COc1cc2ncnc(Sc3cccc(NC(N)=O)c3)c2cc1OCCCCl. The van der Waals surface area contributed by atoms with Crippen LogP contribution in [0.1, 0.15) is 6.42 Å². The molecule has 7 nitrogen and oxygen atoms in total. The normalized spacial score (nSPS) is 10.6. The fourth-order valence-electron chi connectivity index (χ4n) is 2.52. The molecule has 1 heterocycles. The Bertz CT molecular complexity index is 987. The molecule has 0 atom stereocenters. The second-order valence-electron chi connectivity index (χ2n) is 5.71. The highest BCUT2D eigenvalue weighted by molar-refractivity contribution is 7.99. The third kappa shape index (κ3) is 4.96. The van der Waals surface area contributed by atoms with E-state index in [1.807, 2.05) is 30.3 Å². The molecule has 0 aliphatic carbocycles. The highest BCUT2D eigenvalue weighted by Crippen LogP contribution is 2.37. The van der Waals surface area contributed by atoms with Gasteiger partial charge in [0, 0.05) is 27.9 Å². The lowest BCUT2D eigenvalue weighted by molar-refractivity contribution is 0.259. The highest BCUT2D eigenvalue weighted by Gasteiger charge is 2.13. The first-order valence-corrected chi connectivity index (χ1v) is 9.81. The number of methoxy groups -OCH3 is 1. The molecule has 0 unspecified atom stereocenters. The van der Waals surface area contributed by atoms with Gasteiger partial charge in [-0.1, -0.05) is 17.8 Å². The number of ether oxygens (including phenoxy) is 2. The summed E-state index contributed by atoms with van der Waals surface area (Å²) in [6.45, 7) is 0.488. The number of carbonyl (C=O) groups excluding carboxylic acids is 1. The largest absolute Gasteiger partial charge is 0.493 e. The summed E-state index contributed by atoms with van der Waals surface area (Å²) in [5, 5.41) is 4.16. The molecule has 9 heteroatoms. The number of anilines is 1. The number of urea groups is 1. The van der Waals surface area contributed by atoms with Gasteiger partial charge in [-0.3, -0.25) is 0 Å². The molecule has 3 aromatic rings. The van der Waals surface area contributed by atoms with Gasteiger partial charge in [0.05, 0.1) is 19.2 Å². The zero-order chi connectivity index (χ0) is 19.9. The quantitative estimate of drug-likeness (QED) is 0.321. The van der Waals surface area contributed by atoms with Gasteiger partial charge in [-0.25, -0.2) is 14.8 Å². The Kier molecular flexibility index (Phi) is 6.78. The molecule has 0 spiro atoms. The number of hydrogen-bond acceptors (Lipinski definition) is 6. The van der Waals surface area contributed by atoms with Gasteiger partial charge >= 0.3 is 6.03 Å². The Labute approximate surface area is 171 Å². The van der Waals surface area contributed by atoms with Crippen molar-refractivity contribution in [2.24, 2.45) is 5.73 Å². The molecule has 28 heavy (non-hydrogen) atoms. The van der Waals surface area contributed by atoms with Crippen LogP contribution in [0.5, 0.6) is 11.5 Å². The minimum atomic E-state index is -0.611. The lowest BCUT2D eigenvalue weighted by Gasteiger charge is -2.13. The number of fused-ring (bicyclic) bond motifs is 1. The van der Waals surface area contributed by atoms with E-state index in [0.717, 1.165) is 27.2 Å². The minimum absolute atomic E-state index is 0.488. The van der Waals surface area contributed by atoms with Gasteiger partial charge in [0.15, 0.2) is 11.5 Å². The van der Waals surface area contributed by atoms with Crippen molar-refractivity contribution in [1.82, 2.24) is 9.97 Å². The molecule has 0 aliphatic rings. The van der Waals surface area contributed by atoms with Gasteiger partial charge in [-0.15, -0.1) is 11.6 Å². The minimum Gasteiger partial charge on any atom is -0.493 e. The van der Waals surface area contributed by atoms with Crippen molar-refractivity contribution in [2.75, 3.05) is 24.9 Å². The van der Waals surface area contributed by atoms with Crippen LogP contribution < -0.4 is 20.5 Å². The lowest BCUT2D eigenvalue weighted by Crippen LogP contribution is -2.19. The molecule has 2 amide bonds. The van der Waals surface area contributed by atoms with E-state index in [1.165, 1.54) is 18.1 Å². The summed E-state index contributed by atoms with van der Waals surface area (Å²) in [5.74, 6) is 1.74. The van der Waals surface area contributed by atoms with Crippen molar-refractivity contribution >= 4 is 46.0 Å². The van der Waals surface area contributed by atoms with Gasteiger partial charge in [0.1, 0.15) is 11.4 Å². The van der Waals surface area contributed by atoms with E-state index in [-0.39, 0.29) is 0 Å². The van der Waals surface area contributed by atoms with E-state index in [0.29, 0.717) is 29.7 Å². The first kappa shape index (κ1) is 20.0. The molecule has 3 N–H and O–H groups in total. The van der Waals surface area contributed by atoms with E-state index in [1.54, 1.807) is 13.2 Å². The summed E-state index contributed by atoms with van der Waals surface area (Å²) in [6.07, 6.45) is 2.24. The summed E-state index contributed by atoms with van der Waals surface area (Å²) >= 11 is 7.18. The van der Waals surface area contributed by atoms with Crippen LogP contribution >= 0.6 is 23.4 Å². The Morgan fingerprint density at radius 2 is 2.11 bits per heavy atom. The Balaban J connectivity index is 1.94. The molecule has 0 bridgehead atoms. The molecule has 0 fully saturated rings. The monoisotopic (exact) mass is 418 g/mol. The predicted octanol–water partition coefficient (Wildman–Crippen LogP) is 4.29. The van der Waals surface area contributed by atoms with Crippen LogP contribution in [0.25, 0.3) is 10.9 Å². The maximum Gasteiger partial charge on any atom is 0.316 e. The van der Waals surface area contributed by atoms with Crippen LogP contribution in [0.4, 0.5) is 10.5 Å². The number of halogens is 1. The van der Waals surface area contributed by atoms with Gasteiger partial charge in [-0.05, 0) is 30.7 Å². The van der Waals surface area contributed by atoms with Crippen LogP contribution in [0.15, 0.2) is 52.6 Å². The number of nitrogens with zero attached hydrogens (tertiary/aromatic N) is 2. The summed E-state index contributed by atoms with van der Waals surface area (Å²) in [7, 11) is 1.59. The number of benzene rings is 2. The van der Waals surface area contributed by atoms with Crippen LogP contribution in [-0.4, -0.2) is 35.6 Å². The predicted molar refractivity (Wildman–Crippen MR) is 111 cm³/mol. The van der Waals surface area contributed by atoms with E-state index < -0.39 is 6.03 Å². The number of amides is 2. The van der Waals surface area contributed by atoms with Crippen molar-refractivity contribution < 1.29 is 14.3 Å². The van der Waals surface area contributed by atoms with Gasteiger partial charge in [-0.2, -0.15) is 0 Å². The van der Waals surface area contributed by atoms with Crippen LogP contribution in [0.2, 0.25) is 0 Å². The van der Waals surface area contributed by atoms with Crippen molar-refractivity contribution in [3.05, 3.63) is 42.7 Å². The Morgan fingerprint density at radius 3 is 2.86 bits per heavy atom. The average Bonchev–Trinajstić information content (AvgIpc) is 2.68. The molecule has 0 aliphatic heterocycles. The number of rotatable bonds is 8. The summed E-state index contributed by atoms with van der Waals surface area (Å²) in [4.78, 5) is 20.7. The first-order chi connectivity index (χ1) is 13.6. The number of hydrogen-bond donors (Lipinski definition) is 2. The number of carbonyl (C=O) groups is 1. The van der Waals surface area contributed by atoms with Gasteiger partial charge in [0.25, 0.3) is 0 Å². The summed E-state index contributed by atoms with van der Waals surface area (Å²) in [6, 6.07) is 10.4. The van der Waals surface area contributed by atoms with Crippen molar-refractivity contribution in [3.63, 3.8) is 0 Å². The molecule has 146 valence electrons. The number of aromatic nitrogens is 2. The fraction of sp³-hybridized carbons (Fsp3) is 0.211. The first-order valence-electron chi connectivity index (χ1n) is 8.46. The molecular weight excluding hydrogens is 400 g/mol. The molecule has 3 rings (SSSR count). The topological polar surface area (TPSA) is 99.4 Å². The van der Waals surface area contributed by atoms with Crippen molar-refractivity contribution in [1.29, 1.82) is 0 Å². The molecular formula is C19H19ClN4O3S. The van der Waals surface area contributed by atoms with Crippen LogP contribution in [0.3, 0.4) is 0 Å². The molecule has 0 radical (unpaired) electrons. The van der Waals surface area contributed by atoms with E-state index in [2.05, 4.69) is 15.3 Å². The standard InChI is InChI=1S/C19H19ClN4O3S/c1-26-16-10-15-14(9-17(16)27-7-3-6-20)18(23-11-22-15)28-13-5-2-4-12(8-13)24-19(21)25/h2,4-5,8-11H,3,6-7H2,1H3,(H3,21,24,25). The third-order valence-corrected chi connectivity index (χ3v) is 5.01. The van der Waals surface area contributed by atoms with E-state index in [9.17, 15) is 4.79 Å². The van der Waals surface area contributed by atoms with E-state index in [4.69, 9.17) is 26.8 Å². The number of alkyl halides is 1. The Hall–Kier alpha value is -2.71. The number of primary amides is 1. The van der Waals surface area contributed by atoms with Crippen LogP contribution in [-0.2, 0) is 0 Å².